The van der Waals surface area contributed by atoms with Crippen molar-refractivity contribution < 1.29 is 4.74 Å². The molecular weight excluding hydrogens is 235 g/mol. The summed E-state index contributed by atoms with van der Waals surface area (Å²) in [6.07, 6.45) is 0.0923. The summed E-state index contributed by atoms with van der Waals surface area (Å²) in [5.74, 6) is 0. The summed E-state index contributed by atoms with van der Waals surface area (Å²) in [5.41, 5.74) is 6.83. The van der Waals surface area contributed by atoms with Crippen molar-refractivity contribution in [1.29, 1.82) is 0 Å². The minimum Gasteiger partial charge on any atom is -0.399 e. The van der Waals surface area contributed by atoms with E-state index in [1.54, 1.807) is 19.2 Å². The second-order valence-corrected chi connectivity index (χ2v) is 4.10. The summed E-state index contributed by atoms with van der Waals surface area (Å²) in [6.45, 7) is 2.59. The highest BCUT2D eigenvalue weighted by atomic mass is 35.5. The fourth-order valence-corrected chi connectivity index (χ4v) is 1.73. The molecule has 0 fully saturated rings. The number of halogens is 2. The topological polar surface area (TPSA) is 47.3 Å². The summed E-state index contributed by atoms with van der Waals surface area (Å²) < 4.78 is 5.10. The van der Waals surface area contributed by atoms with Crippen LogP contribution in [0.4, 0.5) is 11.4 Å². The molecular formula is C10H14Cl2N2O. The van der Waals surface area contributed by atoms with E-state index in [9.17, 15) is 0 Å². The molecule has 1 aromatic rings. The van der Waals surface area contributed by atoms with Gasteiger partial charge in [0.15, 0.2) is 0 Å². The third kappa shape index (κ3) is 3.45. The number of benzene rings is 1. The molecule has 3 N–H and O–H groups in total. The van der Waals surface area contributed by atoms with E-state index in [4.69, 9.17) is 33.7 Å². The lowest BCUT2D eigenvalue weighted by molar-refractivity contribution is 0.129. The van der Waals surface area contributed by atoms with Gasteiger partial charge in [-0.1, -0.05) is 23.2 Å². The molecule has 0 aliphatic heterocycles. The van der Waals surface area contributed by atoms with Crippen LogP contribution < -0.4 is 11.1 Å². The SMILES string of the molecule is COC(C)CNc1c(Cl)cc(N)cc1Cl. The number of methoxy groups -OCH3 is 1. The lowest BCUT2D eigenvalue weighted by Gasteiger charge is -2.14. The van der Waals surface area contributed by atoms with Gasteiger partial charge in [-0.15, -0.1) is 0 Å². The Morgan fingerprint density at radius 2 is 1.93 bits per heavy atom. The predicted molar refractivity (Wildman–Crippen MR) is 65.8 cm³/mol. The first kappa shape index (κ1) is 12.4. The third-order valence-electron chi connectivity index (χ3n) is 2.03. The van der Waals surface area contributed by atoms with Gasteiger partial charge in [-0.05, 0) is 19.1 Å². The van der Waals surface area contributed by atoms with Crippen LogP contribution in [0.15, 0.2) is 12.1 Å². The fraction of sp³-hybridized carbons (Fsp3) is 0.400. The van der Waals surface area contributed by atoms with Gasteiger partial charge in [0.2, 0.25) is 0 Å². The average molecular weight is 249 g/mol. The van der Waals surface area contributed by atoms with Gasteiger partial charge in [0.25, 0.3) is 0 Å². The first-order valence-electron chi connectivity index (χ1n) is 4.55. The predicted octanol–water partition coefficient (Wildman–Crippen LogP) is 3.02. The summed E-state index contributed by atoms with van der Waals surface area (Å²) in [7, 11) is 1.65. The molecule has 0 bridgehead atoms. The number of anilines is 2. The zero-order chi connectivity index (χ0) is 11.4. The largest absolute Gasteiger partial charge is 0.399 e. The maximum absolute atomic E-state index is 5.99. The Morgan fingerprint density at radius 1 is 1.40 bits per heavy atom. The van der Waals surface area contributed by atoms with Crippen molar-refractivity contribution in [3.05, 3.63) is 22.2 Å². The molecule has 1 unspecified atom stereocenters. The molecule has 0 aromatic heterocycles. The van der Waals surface area contributed by atoms with Crippen LogP contribution in [0.1, 0.15) is 6.92 Å². The van der Waals surface area contributed by atoms with E-state index in [0.29, 0.717) is 28.0 Å². The molecule has 0 saturated carbocycles. The van der Waals surface area contributed by atoms with Crippen LogP contribution in [-0.4, -0.2) is 19.8 Å². The van der Waals surface area contributed by atoms with Crippen LogP contribution in [-0.2, 0) is 4.74 Å². The molecule has 84 valence electrons. The van der Waals surface area contributed by atoms with Crippen molar-refractivity contribution in [2.45, 2.75) is 13.0 Å². The molecule has 1 aromatic carbocycles. The van der Waals surface area contributed by atoms with E-state index in [0.717, 1.165) is 0 Å². The number of rotatable bonds is 4. The van der Waals surface area contributed by atoms with Crippen LogP contribution in [0.25, 0.3) is 0 Å². The minimum atomic E-state index is 0.0923. The monoisotopic (exact) mass is 248 g/mol. The van der Waals surface area contributed by atoms with Gasteiger partial charge in [0.05, 0.1) is 21.8 Å². The zero-order valence-electron chi connectivity index (χ0n) is 8.68. The highest BCUT2D eigenvalue weighted by molar-refractivity contribution is 6.39. The molecule has 0 radical (unpaired) electrons. The van der Waals surface area contributed by atoms with Crippen molar-refractivity contribution in [1.82, 2.24) is 0 Å². The van der Waals surface area contributed by atoms with Crippen LogP contribution >= 0.6 is 23.2 Å². The molecule has 0 amide bonds. The number of ether oxygens (including phenoxy) is 1. The number of hydrogen-bond acceptors (Lipinski definition) is 3. The smallest absolute Gasteiger partial charge is 0.0721 e. The minimum absolute atomic E-state index is 0.0923. The van der Waals surface area contributed by atoms with E-state index in [1.807, 2.05) is 6.92 Å². The Balaban J connectivity index is 2.77. The molecule has 1 rings (SSSR count). The molecule has 3 nitrogen and oxygen atoms in total. The van der Waals surface area contributed by atoms with E-state index in [1.165, 1.54) is 0 Å². The molecule has 0 heterocycles. The lowest BCUT2D eigenvalue weighted by Crippen LogP contribution is -2.18. The Morgan fingerprint density at radius 3 is 2.40 bits per heavy atom. The van der Waals surface area contributed by atoms with Crippen LogP contribution in [0.5, 0.6) is 0 Å². The van der Waals surface area contributed by atoms with Gasteiger partial charge in [0.1, 0.15) is 0 Å². The Hall–Kier alpha value is -0.640. The highest BCUT2D eigenvalue weighted by Gasteiger charge is 2.08. The van der Waals surface area contributed by atoms with Crippen LogP contribution in [0, 0.1) is 0 Å². The second-order valence-electron chi connectivity index (χ2n) is 3.29. The standard InChI is InChI=1S/C10H14Cl2N2O/c1-6(15-2)5-14-10-8(11)3-7(13)4-9(10)12/h3-4,6,14H,5,13H2,1-2H3. The molecule has 0 saturated heterocycles. The molecule has 0 aliphatic rings. The normalized spacial score (nSPS) is 12.5. The van der Waals surface area contributed by atoms with Gasteiger partial charge in [0, 0.05) is 19.3 Å². The summed E-state index contributed by atoms with van der Waals surface area (Å²) >= 11 is 12.0. The number of nitrogen functional groups attached to an aromatic ring is 1. The highest BCUT2D eigenvalue weighted by Crippen LogP contribution is 2.32. The van der Waals surface area contributed by atoms with E-state index in [-0.39, 0.29) is 6.10 Å². The van der Waals surface area contributed by atoms with Crippen molar-refractivity contribution in [3.63, 3.8) is 0 Å². The van der Waals surface area contributed by atoms with E-state index >= 15 is 0 Å². The van der Waals surface area contributed by atoms with Crippen molar-refractivity contribution >= 4 is 34.6 Å². The third-order valence-corrected chi connectivity index (χ3v) is 2.63. The first-order chi connectivity index (χ1) is 7.04. The quantitative estimate of drug-likeness (QED) is 0.806. The number of hydrogen-bond donors (Lipinski definition) is 2. The van der Waals surface area contributed by atoms with Crippen LogP contribution in [0.2, 0.25) is 10.0 Å². The van der Waals surface area contributed by atoms with Gasteiger partial charge in [-0.25, -0.2) is 0 Å². The van der Waals surface area contributed by atoms with Gasteiger partial charge >= 0.3 is 0 Å². The van der Waals surface area contributed by atoms with Crippen LogP contribution in [0.3, 0.4) is 0 Å². The second kappa shape index (κ2) is 5.45. The van der Waals surface area contributed by atoms with Gasteiger partial charge < -0.3 is 15.8 Å². The van der Waals surface area contributed by atoms with Crippen molar-refractivity contribution in [2.24, 2.45) is 0 Å². The fourth-order valence-electron chi connectivity index (χ4n) is 1.09. The van der Waals surface area contributed by atoms with Crippen molar-refractivity contribution in [3.8, 4) is 0 Å². The molecule has 5 heteroatoms. The lowest BCUT2D eigenvalue weighted by atomic mass is 10.2. The Kier molecular flexibility index (Phi) is 4.51. The molecule has 15 heavy (non-hydrogen) atoms. The van der Waals surface area contributed by atoms with Crippen molar-refractivity contribution in [2.75, 3.05) is 24.7 Å². The van der Waals surface area contributed by atoms with Gasteiger partial charge in [-0.2, -0.15) is 0 Å². The van der Waals surface area contributed by atoms with E-state index < -0.39 is 0 Å². The molecule has 0 aliphatic carbocycles. The van der Waals surface area contributed by atoms with E-state index in [2.05, 4.69) is 5.32 Å². The zero-order valence-corrected chi connectivity index (χ0v) is 10.2. The average Bonchev–Trinajstić information content (AvgIpc) is 2.15. The first-order valence-corrected chi connectivity index (χ1v) is 5.31. The summed E-state index contributed by atoms with van der Waals surface area (Å²) in [6, 6.07) is 3.32. The maximum Gasteiger partial charge on any atom is 0.0721 e. The van der Waals surface area contributed by atoms with Gasteiger partial charge in [-0.3, -0.25) is 0 Å². The number of nitrogens with one attached hydrogen (secondary N) is 1. The Bertz CT molecular complexity index is 321. The Labute approximate surface area is 99.5 Å². The maximum atomic E-state index is 5.99. The molecule has 0 spiro atoms. The molecule has 1 atom stereocenters. The summed E-state index contributed by atoms with van der Waals surface area (Å²) in [5, 5.41) is 4.15. The number of nitrogens with two attached hydrogens (primary N) is 1. The summed E-state index contributed by atoms with van der Waals surface area (Å²) in [4.78, 5) is 0.